The van der Waals surface area contributed by atoms with Gasteiger partial charge < -0.3 is 5.11 Å². The van der Waals surface area contributed by atoms with Crippen LogP contribution in [0, 0.1) is 0 Å². The van der Waals surface area contributed by atoms with E-state index in [4.69, 9.17) is 16.7 Å². The number of alkyl halides is 1. The molecule has 0 spiro atoms. The molecule has 1 unspecified atom stereocenters. The van der Waals surface area contributed by atoms with Crippen LogP contribution in [-0.2, 0) is 0 Å². The average Bonchev–Trinajstić information content (AvgIpc) is 1.59. The molecule has 0 saturated carbocycles. The molecule has 0 saturated heterocycles. The van der Waals surface area contributed by atoms with E-state index in [1.165, 1.54) is 0 Å². The maximum atomic E-state index is 8.91. The molecule has 0 radical (unpaired) electrons. The molecule has 0 heterocycles. The molecule has 0 aromatic heterocycles. The molecular formula is C8H17ClO. The summed E-state index contributed by atoms with van der Waals surface area (Å²) in [6, 6.07) is 0. The van der Waals surface area contributed by atoms with Gasteiger partial charge in [0.25, 0.3) is 0 Å². The van der Waals surface area contributed by atoms with Gasteiger partial charge in [-0.3, -0.25) is 0 Å². The lowest BCUT2D eigenvalue weighted by atomic mass is 10.0. The fourth-order valence-corrected chi connectivity index (χ4v) is 0.951. The van der Waals surface area contributed by atoms with Crippen LogP contribution >= 0.6 is 11.6 Å². The highest BCUT2D eigenvalue weighted by atomic mass is 35.5. The predicted octanol–water partition coefficient (Wildman–Crippen LogP) is 2.55. The number of rotatable bonds is 4. The molecule has 2 heteroatoms. The van der Waals surface area contributed by atoms with E-state index >= 15 is 0 Å². The maximum absolute atomic E-state index is 8.91. The molecule has 0 bridgehead atoms. The lowest BCUT2D eigenvalue weighted by Crippen LogP contribution is -2.11. The van der Waals surface area contributed by atoms with Crippen molar-refractivity contribution in [1.29, 1.82) is 0 Å². The molecule has 0 rings (SSSR count). The SMILES string of the molecule is CC(O)CCCC(C)(C)Cl. The van der Waals surface area contributed by atoms with E-state index in [-0.39, 0.29) is 11.0 Å². The summed E-state index contributed by atoms with van der Waals surface area (Å²) >= 11 is 5.93. The predicted molar refractivity (Wildman–Crippen MR) is 45.5 cm³/mol. The minimum absolute atomic E-state index is 0.102. The van der Waals surface area contributed by atoms with Crippen LogP contribution in [0.3, 0.4) is 0 Å². The zero-order valence-electron chi connectivity index (χ0n) is 7.02. The Labute approximate surface area is 68.4 Å². The van der Waals surface area contributed by atoms with Crippen LogP contribution in [-0.4, -0.2) is 16.1 Å². The third kappa shape index (κ3) is 8.25. The van der Waals surface area contributed by atoms with Gasteiger partial charge in [-0.1, -0.05) is 0 Å². The smallest absolute Gasteiger partial charge is 0.0512 e. The highest BCUT2D eigenvalue weighted by Gasteiger charge is 2.12. The summed E-state index contributed by atoms with van der Waals surface area (Å²) in [5.74, 6) is 0. The van der Waals surface area contributed by atoms with E-state index in [1.807, 2.05) is 13.8 Å². The van der Waals surface area contributed by atoms with Crippen molar-refractivity contribution < 1.29 is 5.11 Å². The zero-order valence-corrected chi connectivity index (χ0v) is 7.78. The normalized spacial score (nSPS) is 15.3. The van der Waals surface area contributed by atoms with Crippen LogP contribution in [0.1, 0.15) is 40.0 Å². The number of hydrogen-bond donors (Lipinski definition) is 1. The van der Waals surface area contributed by atoms with Crippen LogP contribution in [0.2, 0.25) is 0 Å². The second-order valence-corrected chi connectivity index (χ2v) is 4.48. The number of aliphatic hydroxyl groups is 1. The van der Waals surface area contributed by atoms with E-state index in [0.717, 1.165) is 19.3 Å². The molecule has 0 aliphatic heterocycles. The van der Waals surface area contributed by atoms with Gasteiger partial charge in [-0.15, -0.1) is 11.6 Å². The monoisotopic (exact) mass is 164 g/mol. The van der Waals surface area contributed by atoms with Crippen molar-refractivity contribution in [2.75, 3.05) is 0 Å². The molecule has 10 heavy (non-hydrogen) atoms. The fourth-order valence-electron chi connectivity index (χ4n) is 0.818. The van der Waals surface area contributed by atoms with Gasteiger partial charge in [-0.05, 0) is 40.0 Å². The van der Waals surface area contributed by atoms with Gasteiger partial charge in [0.05, 0.1) is 6.10 Å². The lowest BCUT2D eigenvalue weighted by Gasteiger charge is -2.15. The van der Waals surface area contributed by atoms with Crippen LogP contribution in [0.15, 0.2) is 0 Å². The Balaban J connectivity index is 3.21. The topological polar surface area (TPSA) is 20.2 Å². The Morgan fingerprint density at radius 3 is 2.30 bits per heavy atom. The summed E-state index contributed by atoms with van der Waals surface area (Å²) in [7, 11) is 0. The lowest BCUT2D eigenvalue weighted by molar-refractivity contribution is 0.179. The summed E-state index contributed by atoms with van der Waals surface area (Å²) in [6.45, 7) is 5.80. The van der Waals surface area contributed by atoms with E-state index < -0.39 is 0 Å². The third-order valence-electron chi connectivity index (χ3n) is 1.39. The van der Waals surface area contributed by atoms with Crippen molar-refractivity contribution in [3.63, 3.8) is 0 Å². The van der Waals surface area contributed by atoms with Gasteiger partial charge >= 0.3 is 0 Å². The molecule has 0 aliphatic carbocycles. The van der Waals surface area contributed by atoms with Gasteiger partial charge in [-0.2, -0.15) is 0 Å². The summed E-state index contributed by atoms with van der Waals surface area (Å²) in [5, 5.41) is 8.91. The van der Waals surface area contributed by atoms with Crippen molar-refractivity contribution in [1.82, 2.24) is 0 Å². The molecule has 0 aromatic carbocycles. The molecule has 1 atom stereocenters. The minimum Gasteiger partial charge on any atom is -0.393 e. The van der Waals surface area contributed by atoms with Gasteiger partial charge in [0, 0.05) is 4.87 Å². The van der Waals surface area contributed by atoms with Crippen molar-refractivity contribution in [3.8, 4) is 0 Å². The molecule has 62 valence electrons. The van der Waals surface area contributed by atoms with Crippen LogP contribution in [0.25, 0.3) is 0 Å². The molecular weight excluding hydrogens is 148 g/mol. The molecule has 0 fully saturated rings. The minimum atomic E-state index is -0.181. The summed E-state index contributed by atoms with van der Waals surface area (Å²) < 4.78 is 0. The van der Waals surface area contributed by atoms with Gasteiger partial charge in [-0.25, -0.2) is 0 Å². The van der Waals surface area contributed by atoms with Gasteiger partial charge in [0.1, 0.15) is 0 Å². The number of aliphatic hydroxyl groups excluding tert-OH is 1. The molecule has 1 nitrogen and oxygen atoms in total. The number of halogens is 1. The van der Waals surface area contributed by atoms with Crippen molar-refractivity contribution in [3.05, 3.63) is 0 Å². The van der Waals surface area contributed by atoms with E-state index in [1.54, 1.807) is 6.92 Å². The van der Waals surface area contributed by atoms with Crippen molar-refractivity contribution >= 4 is 11.6 Å². The van der Waals surface area contributed by atoms with Crippen molar-refractivity contribution in [2.24, 2.45) is 0 Å². The van der Waals surface area contributed by atoms with E-state index in [2.05, 4.69) is 0 Å². The first-order valence-electron chi connectivity index (χ1n) is 3.79. The second kappa shape index (κ2) is 4.20. The first kappa shape index (κ1) is 10.2. The zero-order chi connectivity index (χ0) is 8.20. The maximum Gasteiger partial charge on any atom is 0.0512 e. The average molecular weight is 165 g/mol. The van der Waals surface area contributed by atoms with Crippen LogP contribution in [0.5, 0.6) is 0 Å². The Hall–Kier alpha value is 0.250. The van der Waals surface area contributed by atoms with Crippen molar-refractivity contribution in [2.45, 2.75) is 51.0 Å². The first-order chi connectivity index (χ1) is 4.42. The highest BCUT2D eigenvalue weighted by Crippen LogP contribution is 2.20. The van der Waals surface area contributed by atoms with Gasteiger partial charge in [0.2, 0.25) is 0 Å². The van der Waals surface area contributed by atoms with E-state index in [0.29, 0.717) is 0 Å². The fraction of sp³-hybridized carbons (Fsp3) is 1.00. The van der Waals surface area contributed by atoms with E-state index in [9.17, 15) is 0 Å². The Morgan fingerprint density at radius 1 is 1.50 bits per heavy atom. The Morgan fingerprint density at radius 2 is 2.00 bits per heavy atom. The highest BCUT2D eigenvalue weighted by molar-refractivity contribution is 6.23. The van der Waals surface area contributed by atoms with Crippen LogP contribution in [0.4, 0.5) is 0 Å². The Bertz CT molecular complexity index is 83.7. The first-order valence-corrected chi connectivity index (χ1v) is 4.16. The third-order valence-corrected chi connectivity index (χ3v) is 1.58. The molecule has 1 N–H and O–H groups in total. The van der Waals surface area contributed by atoms with Crippen LogP contribution < -0.4 is 0 Å². The van der Waals surface area contributed by atoms with Gasteiger partial charge in [0.15, 0.2) is 0 Å². The summed E-state index contributed by atoms with van der Waals surface area (Å²) in [4.78, 5) is -0.102. The summed E-state index contributed by atoms with van der Waals surface area (Å²) in [5.41, 5.74) is 0. The molecule has 0 aromatic rings. The standard InChI is InChI=1S/C8H17ClO/c1-7(10)5-4-6-8(2,3)9/h7,10H,4-6H2,1-3H3. The quantitative estimate of drug-likeness (QED) is 0.634. The number of hydrogen-bond acceptors (Lipinski definition) is 1. The largest absolute Gasteiger partial charge is 0.393 e. The summed E-state index contributed by atoms with van der Waals surface area (Å²) in [6.07, 6.45) is 2.66. The molecule has 0 aliphatic rings. The Kier molecular flexibility index (Phi) is 4.30. The molecule has 0 amide bonds. The second-order valence-electron chi connectivity index (χ2n) is 3.46.